The van der Waals surface area contributed by atoms with Gasteiger partial charge >= 0.3 is 0 Å². The van der Waals surface area contributed by atoms with Crippen LogP contribution < -0.4 is 10.1 Å². The Morgan fingerprint density at radius 3 is 2.41 bits per heavy atom. The van der Waals surface area contributed by atoms with Crippen molar-refractivity contribution < 1.29 is 14.3 Å². The van der Waals surface area contributed by atoms with E-state index < -0.39 is 6.04 Å². The number of carbonyl (C=O) groups excluding carboxylic acids is 2. The van der Waals surface area contributed by atoms with Crippen LogP contribution in [0.3, 0.4) is 0 Å². The van der Waals surface area contributed by atoms with Crippen molar-refractivity contribution in [3.05, 3.63) is 62.0 Å². The predicted molar refractivity (Wildman–Crippen MR) is 141 cm³/mol. The summed E-state index contributed by atoms with van der Waals surface area (Å²) >= 11 is 16.3. The van der Waals surface area contributed by atoms with E-state index in [-0.39, 0.29) is 31.0 Å². The Morgan fingerprint density at radius 2 is 1.82 bits per heavy atom. The van der Waals surface area contributed by atoms with Gasteiger partial charge in [-0.15, -0.1) is 0 Å². The number of amides is 2. The lowest BCUT2D eigenvalue weighted by molar-refractivity contribution is -0.143. The van der Waals surface area contributed by atoms with E-state index in [2.05, 4.69) is 28.2 Å². The van der Waals surface area contributed by atoms with Crippen molar-refractivity contribution in [2.45, 2.75) is 71.0 Å². The summed E-state index contributed by atoms with van der Waals surface area (Å²) in [7, 11) is 0. The maximum atomic E-state index is 13.4. The number of aryl methyl sites for hydroxylation is 1. The summed E-state index contributed by atoms with van der Waals surface area (Å²) in [4.78, 5) is 28.2. The van der Waals surface area contributed by atoms with Crippen molar-refractivity contribution in [3.63, 3.8) is 0 Å². The average molecular weight is 570 g/mol. The number of hydrogen-bond donors (Lipinski definition) is 1. The normalized spacial score (nSPS) is 14.6. The van der Waals surface area contributed by atoms with E-state index in [1.54, 1.807) is 18.2 Å². The first kappa shape index (κ1) is 26.8. The van der Waals surface area contributed by atoms with E-state index in [0.29, 0.717) is 27.8 Å². The molecule has 1 aliphatic rings. The SMILES string of the molecule is CCc1ccc(OCC(=O)N(Cc2c(Cl)cccc2Cl)[C@H](CC)C(=O)NC2CCCC2)c(Br)c1. The first-order chi connectivity index (χ1) is 16.3. The van der Waals surface area contributed by atoms with E-state index in [9.17, 15) is 9.59 Å². The van der Waals surface area contributed by atoms with E-state index >= 15 is 0 Å². The highest BCUT2D eigenvalue weighted by atomic mass is 79.9. The van der Waals surface area contributed by atoms with E-state index in [1.165, 1.54) is 4.90 Å². The minimum Gasteiger partial charge on any atom is -0.483 e. The Hall–Kier alpha value is -1.76. The van der Waals surface area contributed by atoms with Gasteiger partial charge in [-0.05, 0) is 71.4 Å². The monoisotopic (exact) mass is 568 g/mol. The Morgan fingerprint density at radius 1 is 1.15 bits per heavy atom. The third-order valence-corrected chi connectivity index (χ3v) is 7.56. The van der Waals surface area contributed by atoms with Gasteiger partial charge in [-0.1, -0.05) is 62.0 Å². The molecular weight excluding hydrogens is 539 g/mol. The van der Waals surface area contributed by atoms with Crippen LogP contribution in [-0.4, -0.2) is 35.4 Å². The van der Waals surface area contributed by atoms with Gasteiger partial charge in [0.1, 0.15) is 11.8 Å². The van der Waals surface area contributed by atoms with Gasteiger partial charge < -0.3 is 15.0 Å². The summed E-state index contributed by atoms with van der Waals surface area (Å²) in [6.07, 6.45) is 5.52. The van der Waals surface area contributed by atoms with Crippen LogP contribution in [0.25, 0.3) is 0 Å². The summed E-state index contributed by atoms with van der Waals surface area (Å²) in [6, 6.07) is 10.5. The lowest BCUT2D eigenvalue weighted by atomic mass is 10.1. The second kappa shape index (κ2) is 12.8. The molecule has 34 heavy (non-hydrogen) atoms. The maximum absolute atomic E-state index is 13.4. The number of nitrogens with zero attached hydrogens (tertiary/aromatic N) is 1. The molecule has 2 amide bonds. The van der Waals surface area contributed by atoms with Crippen LogP contribution >= 0.6 is 39.1 Å². The molecule has 1 atom stereocenters. The molecule has 0 saturated heterocycles. The zero-order valence-corrected chi connectivity index (χ0v) is 22.7. The minimum atomic E-state index is -0.657. The number of halogens is 3. The zero-order chi connectivity index (χ0) is 24.7. The third-order valence-electron chi connectivity index (χ3n) is 6.23. The topological polar surface area (TPSA) is 58.6 Å². The minimum absolute atomic E-state index is 0.118. The molecule has 1 fully saturated rings. The van der Waals surface area contributed by atoms with Crippen LogP contribution in [0.4, 0.5) is 0 Å². The van der Waals surface area contributed by atoms with Crippen LogP contribution in [-0.2, 0) is 22.6 Å². The molecule has 1 saturated carbocycles. The van der Waals surface area contributed by atoms with Crippen molar-refractivity contribution in [1.29, 1.82) is 0 Å². The summed E-state index contributed by atoms with van der Waals surface area (Å²) in [5.74, 6) is 0.111. The van der Waals surface area contributed by atoms with Crippen LogP contribution in [0.1, 0.15) is 57.1 Å². The molecule has 5 nitrogen and oxygen atoms in total. The summed E-state index contributed by atoms with van der Waals surface area (Å²) < 4.78 is 6.63. The first-order valence-electron chi connectivity index (χ1n) is 11.8. The van der Waals surface area contributed by atoms with Crippen LogP contribution in [0.15, 0.2) is 40.9 Å². The van der Waals surface area contributed by atoms with Gasteiger partial charge in [0, 0.05) is 28.2 Å². The number of rotatable bonds is 10. The standard InChI is InChI=1S/C26H31BrCl2N2O3/c1-3-17-12-13-24(20(27)14-17)34-16-25(32)31(15-19-21(28)10-7-11-22(19)29)23(4-2)26(33)30-18-8-5-6-9-18/h7,10-14,18,23H,3-6,8-9,15-16H2,1-2H3,(H,30,33)/t23-/m1/s1. The Kier molecular flexibility index (Phi) is 10.1. The second-order valence-electron chi connectivity index (χ2n) is 8.54. The van der Waals surface area contributed by atoms with Crippen LogP contribution in [0.2, 0.25) is 10.0 Å². The number of carbonyl (C=O) groups is 2. The molecule has 0 aromatic heterocycles. The maximum Gasteiger partial charge on any atom is 0.261 e. The van der Waals surface area contributed by atoms with Crippen molar-refractivity contribution in [2.24, 2.45) is 0 Å². The molecule has 2 aromatic rings. The highest BCUT2D eigenvalue weighted by molar-refractivity contribution is 9.10. The summed E-state index contributed by atoms with van der Waals surface area (Å²) in [5, 5.41) is 4.04. The third kappa shape index (κ3) is 6.89. The van der Waals surface area contributed by atoms with Crippen molar-refractivity contribution in [3.8, 4) is 5.75 Å². The molecule has 184 valence electrons. The first-order valence-corrected chi connectivity index (χ1v) is 13.3. The highest BCUT2D eigenvalue weighted by Crippen LogP contribution is 2.29. The van der Waals surface area contributed by atoms with Crippen LogP contribution in [0.5, 0.6) is 5.75 Å². The Bertz CT molecular complexity index is 991. The quantitative estimate of drug-likeness (QED) is 0.352. The fourth-order valence-electron chi connectivity index (χ4n) is 4.24. The Labute approximate surface area is 220 Å². The number of nitrogens with one attached hydrogen (secondary N) is 1. The number of hydrogen-bond acceptors (Lipinski definition) is 3. The molecule has 0 radical (unpaired) electrons. The molecule has 0 bridgehead atoms. The summed E-state index contributed by atoms with van der Waals surface area (Å²) in [5.41, 5.74) is 1.77. The fraction of sp³-hybridized carbons (Fsp3) is 0.462. The van der Waals surface area contributed by atoms with E-state index in [1.807, 2.05) is 25.1 Å². The van der Waals surface area contributed by atoms with Gasteiger partial charge in [-0.2, -0.15) is 0 Å². The molecule has 0 heterocycles. The molecule has 1 aliphatic carbocycles. The molecular formula is C26H31BrCl2N2O3. The van der Waals surface area contributed by atoms with Crippen molar-refractivity contribution in [2.75, 3.05) is 6.61 Å². The van der Waals surface area contributed by atoms with E-state index in [0.717, 1.165) is 42.1 Å². The van der Waals surface area contributed by atoms with Crippen molar-refractivity contribution >= 4 is 50.9 Å². The molecule has 0 aliphatic heterocycles. The van der Waals surface area contributed by atoms with Gasteiger partial charge in [0.05, 0.1) is 4.47 Å². The molecule has 3 rings (SSSR count). The van der Waals surface area contributed by atoms with Gasteiger partial charge in [0.2, 0.25) is 5.91 Å². The lowest BCUT2D eigenvalue weighted by Gasteiger charge is -2.32. The van der Waals surface area contributed by atoms with Gasteiger partial charge in [-0.3, -0.25) is 9.59 Å². The van der Waals surface area contributed by atoms with Gasteiger partial charge in [0.25, 0.3) is 5.91 Å². The molecule has 1 N–H and O–H groups in total. The average Bonchev–Trinajstić information content (AvgIpc) is 3.32. The smallest absolute Gasteiger partial charge is 0.261 e. The zero-order valence-electron chi connectivity index (χ0n) is 19.6. The fourth-order valence-corrected chi connectivity index (χ4v) is 5.30. The van der Waals surface area contributed by atoms with Crippen molar-refractivity contribution in [1.82, 2.24) is 10.2 Å². The lowest BCUT2D eigenvalue weighted by Crippen LogP contribution is -2.52. The van der Waals surface area contributed by atoms with Gasteiger partial charge in [0.15, 0.2) is 6.61 Å². The number of benzene rings is 2. The van der Waals surface area contributed by atoms with Gasteiger partial charge in [-0.25, -0.2) is 0 Å². The highest BCUT2D eigenvalue weighted by Gasteiger charge is 2.31. The molecule has 2 aromatic carbocycles. The molecule has 8 heteroatoms. The van der Waals surface area contributed by atoms with Crippen LogP contribution in [0, 0.1) is 0 Å². The molecule has 0 spiro atoms. The predicted octanol–water partition coefficient (Wildman–Crippen LogP) is 6.56. The number of ether oxygens (including phenoxy) is 1. The molecule has 0 unspecified atom stereocenters. The second-order valence-corrected chi connectivity index (χ2v) is 10.2. The van der Waals surface area contributed by atoms with E-state index in [4.69, 9.17) is 27.9 Å². The largest absolute Gasteiger partial charge is 0.483 e. The summed E-state index contributed by atoms with van der Waals surface area (Å²) in [6.45, 7) is 3.88. The Balaban J connectivity index is 1.82.